The lowest BCUT2D eigenvalue weighted by Crippen LogP contribution is -2.07. The molecule has 0 bridgehead atoms. The van der Waals surface area contributed by atoms with Gasteiger partial charge in [0.15, 0.2) is 0 Å². The van der Waals surface area contributed by atoms with Gasteiger partial charge in [-0.3, -0.25) is 4.99 Å². The van der Waals surface area contributed by atoms with Gasteiger partial charge in [-0.25, -0.2) is 4.79 Å². The van der Waals surface area contributed by atoms with Crippen LogP contribution < -0.4 is 4.90 Å². The fourth-order valence-electron chi connectivity index (χ4n) is 1.66. The minimum atomic E-state index is -1.21. The van der Waals surface area contributed by atoms with Gasteiger partial charge in [-0.15, -0.1) is 0 Å². The van der Waals surface area contributed by atoms with E-state index in [-0.39, 0.29) is 11.3 Å². The van der Waals surface area contributed by atoms with Crippen LogP contribution in [0.4, 0.5) is 11.6 Å². The zero-order valence-corrected chi connectivity index (χ0v) is 13.0. The van der Waals surface area contributed by atoms with Crippen molar-refractivity contribution in [1.82, 2.24) is 0 Å². The number of aliphatic imine (C=N–C) groups is 1. The number of hydrogen-bond acceptors (Lipinski definition) is 5. The summed E-state index contributed by atoms with van der Waals surface area (Å²) >= 11 is 3.38. The molecular formula is C14H13BrN2O4. The van der Waals surface area contributed by atoms with E-state index in [1.165, 1.54) is 24.4 Å². The third-order valence-corrected chi connectivity index (χ3v) is 3.21. The first kappa shape index (κ1) is 15.1. The second-order valence-corrected chi connectivity index (χ2v) is 5.32. The SMILES string of the molecule is CN(C)c1oc(C=Nc2ccc(O)c(C(=O)O)c2)cc1Br. The van der Waals surface area contributed by atoms with Crippen LogP contribution in [0.3, 0.4) is 0 Å². The maximum atomic E-state index is 10.9. The zero-order chi connectivity index (χ0) is 15.6. The lowest BCUT2D eigenvalue weighted by atomic mass is 10.2. The molecule has 21 heavy (non-hydrogen) atoms. The fourth-order valence-corrected chi connectivity index (χ4v) is 2.32. The Morgan fingerprint density at radius 3 is 2.67 bits per heavy atom. The highest BCUT2D eigenvalue weighted by Gasteiger charge is 2.11. The number of aromatic hydroxyl groups is 1. The topological polar surface area (TPSA) is 86.3 Å². The monoisotopic (exact) mass is 352 g/mol. The first-order valence-corrected chi connectivity index (χ1v) is 6.75. The van der Waals surface area contributed by atoms with Gasteiger partial charge in [0.1, 0.15) is 17.1 Å². The Labute approximate surface area is 129 Å². The molecule has 7 heteroatoms. The van der Waals surface area contributed by atoms with Gasteiger partial charge in [0.2, 0.25) is 5.88 Å². The number of carboxylic acid groups (broad SMARTS) is 1. The van der Waals surface area contributed by atoms with Crippen LogP contribution in [-0.4, -0.2) is 36.5 Å². The van der Waals surface area contributed by atoms with Crippen LogP contribution in [0.25, 0.3) is 0 Å². The van der Waals surface area contributed by atoms with E-state index in [0.717, 1.165) is 4.47 Å². The molecule has 2 N–H and O–H groups in total. The van der Waals surface area contributed by atoms with Crippen molar-refractivity contribution in [1.29, 1.82) is 0 Å². The smallest absolute Gasteiger partial charge is 0.339 e. The van der Waals surface area contributed by atoms with E-state index in [4.69, 9.17) is 9.52 Å². The van der Waals surface area contributed by atoms with E-state index < -0.39 is 5.97 Å². The Hall–Kier alpha value is -2.28. The Morgan fingerprint density at radius 2 is 2.10 bits per heavy atom. The maximum Gasteiger partial charge on any atom is 0.339 e. The van der Waals surface area contributed by atoms with Crippen LogP contribution in [0, 0.1) is 0 Å². The normalized spacial score (nSPS) is 11.0. The predicted octanol–water partition coefficient (Wildman–Crippen LogP) is 3.26. The number of benzene rings is 1. The molecule has 0 aliphatic rings. The van der Waals surface area contributed by atoms with Crippen molar-refractivity contribution in [3.8, 4) is 5.75 Å². The van der Waals surface area contributed by atoms with Gasteiger partial charge in [-0.2, -0.15) is 0 Å². The Bertz CT molecular complexity index is 707. The molecule has 1 heterocycles. The van der Waals surface area contributed by atoms with E-state index in [1.54, 1.807) is 6.07 Å². The van der Waals surface area contributed by atoms with Crippen molar-refractivity contribution in [2.75, 3.05) is 19.0 Å². The van der Waals surface area contributed by atoms with Crippen LogP contribution >= 0.6 is 15.9 Å². The standard InChI is InChI=1S/C14H13BrN2O4/c1-17(2)13-11(15)6-9(21-13)7-16-8-3-4-12(18)10(5-8)14(19)20/h3-7,18H,1-2H3,(H,19,20). The van der Waals surface area contributed by atoms with Gasteiger partial charge in [0, 0.05) is 20.2 Å². The van der Waals surface area contributed by atoms with Crippen LogP contribution in [0.15, 0.2) is 38.1 Å². The highest BCUT2D eigenvalue weighted by molar-refractivity contribution is 9.10. The number of furan rings is 1. The molecule has 0 aliphatic heterocycles. The lowest BCUT2D eigenvalue weighted by Gasteiger charge is -2.07. The van der Waals surface area contributed by atoms with Gasteiger partial charge >= 0.3 is 5.97 Å². The maximum absolute atomic E-state index is 10.9. The van der Waals surface area contributed by atoms with E-state index in [9.17, 15) is 9.90 Å². The second-order valence-electron chi connectivity index (χ2n) is 4.46. The number of halogens is 1. The van der Waals surface area contributed by atoms with Crippen molar-refractivity contribution >= 4 is 39.7 Å². The Kier molecular flexibility index (Phi) is 4.32. The molecule has 0 atom stereocenters. The molecule has 2 rings (SSSR count). The van der Waals surface area contributed by atoms with Crippen molar-refractivity contribution in [2.45, 2.75) is 0 Å². The number of rotatable bonds is 4. The summed E-state index contributed by atoms with van der Waals surface area (Å²) in [6.07, 6.45) is 1.48. The summed E-state index contributed by atoms with van der Waals surface area (Å²) in [6.45, 7) is 0. The number of carboxylic acids is 1. The molecule has 0 spiro atoms. The molecule has 1 aromatic heterocycles. The van der Waals surface area contributed by atoms with Crippen LogP contribution in [-0.2, 0) is 0 Å². The van der Waals surface area contributed by atoms with Crippen LogP contribution in [0.2, 0.25) is 0 Å². The number of phenols is 1. The molecule has 110 valence electrons. The van der Waals surface area contributed by atoms with Gasteiger partial charge in [-0.1, -0.05) is 0 Å². The minimum Gasteiger partial charge on any atom is -0.507 e. The van der Waals surface area contributed by atoms with Gasteiger partial charge in [0.05, 0.1) is 16.4 Å². The Morgan fingerprint density at radius 1 is 1.38 bits per heavy atom. The highest BCUT2D eigenvalue weighted by Crippen LogP contribution is 2.28. The molecule has 0 saturated carbocycles. The highest BCUT2D eigenvalue weighted by atomic mass is 79.9. The summed E-state index contributed by atoms with van der Waals surface area (Å²) in [5, 5.41) is 18.4. The summed E-state index contributed by atoms with van der Waals surface area (Å²) in [7, 11) is 3.70. The quantitative estimate of drug-likeness (QED) is 0.824. The average molecular weight is 353 g/mol. The van der Waals surface area contributed by atoms with E-state index in [2.05, 4.69) is 20.9 Å². The van der Waals surface area contributed by atoms with Crippen molar-refractivity contribution < 1.29 is 19.4 Å². The van der Waals surface area contributed by atoms with E-state index >= 15 is 0 Å². The zero-order valence-electron chi connectivity index (χ0n) is 11.4. The van der Waals surface area contributed by atoms with Gasteiger partial charge < -0.3 is 19.5 Å². The number of carbonyl (C=O) groups is 1. The third kappa shape index (κ3) is 3.43. The molecule has 0 aliphatic carbocycles. The summed E-state index contributed by atoms with van der Waals surface area (Å²) in [4.78, 5) is 16.9. The van der Waals surface area contributed by atoms with Crippen molar-refractivity contribution in [3.05, 3.63) is 40.1 Å². The molecule has 6 nitrogen and oxygen atoms in total. The fraction of sp³-hybridized carbons (Fsp3) is 0.143. The molecule has 0 fully saturated rings. The molecule has 2 aromatic rings. The number of aromatic carboxylic acids is 1. The van der Waals surface area contributed by atoms with Crippen molar-refractivity contribution in [3.63, 3.8) is 0 Å². The first-order chi connectivity index (χ1) is 9.88. The molecule has 0 unspecified atom stereocenters. The predicted molar refractivity (Wildman–Crippen MR) is 83.1 cm³/mol. The number of hydrogen-bond donors (Lipinski definition) is 2. The van der Waals surface area contributed by atoms with Crippen LogP contribution in [0.5, 0.6) is 5.75 Å². The lowest BCUT2D eigenvalue weighted by molar-refractivity contribution is 0.0694. The van der Waals surface area contributed by atoms with E-state index in [0.29, 0.717) is 17.3 Å². The van der Waals surface area contributed by atoms with Gasteiger partial charge in [-0.05, 0) is 34.1 Å². The number of nitrogens with zero attached hydrogens (tertiary/aromatic N) is 2. The third-order valence-electron chi connectivity index (χ3n) is 2.65. The van der Waals surface area contributed by atoms with E-state index in [1.807, 2.05) is 19.0 Å². The average Bonchev–Trinajstić information content (AvgIpc) is 2.79. The second kappa shape index (κ2) is 6.01. The van der Waals surface area contributed by atoms with Crippen molar-refractivity contribution in [2.24, 2.45) is 4.99 Å². The Balaban J connectivity index is 2.27. The molecule has 1 aromatic carbocycles. The summed E-state index contributed by atoms with van der Waals surface area (Å²) < 4.78 is 6.36. The summed E-state index contributed by atoms with van der Waals surface area (Å²) in [5.41, 5.74) is 0.211. The van der Waals surface area contributed by atoms with Crippen LogP contribution in [0.1, 0.15) is 16.1 Å². The molecular weight excluding hydrogens is 340 g/mol. The molecule has 0 saturated heterocycles. The summed E-state index contributed by atoms with van der Waals surface area (Å²) in [6, 6.07) is 5.86. The molecule has 0 amide bonds. The minimum absolute atomic E-state index is 0.195. The summed E-state index contributed by atoms with van der Waals surface area (Å²) in [5.74, 6) is -0.318. The number of anilines is 1. The molecule has 0 radical (unpaired) electrons. The van der Waals surface area contributed by atoms with Gasteiger partial charge in [0.25, 0.3) is 0 Å². The first-order valence-electron chi connectivity index (χ1n) is 5.95. The largest absolute Gasteiger partial charge is 0.507 e.